The van der Waals surface area contributed by atoms with E-state index in [0.29, 0.717) is 0 Å². The lowest BCUT2D eigenvalue weighted by atomic mass is 9.94. The first-order valence-corrected chi connectivity index (χ1v) is 9.37. The van der Waals surface area contributed by atoms with Gasteiger partial charge in [0.25, 0.3) is 0 Å². The lowest BCUT2D eigenvalue weighted by Gasteiger charge is -2.10. The first-order valence-electron chi connectivity index (χ1n) is 9.37. The van der Waals surface area contributed by atoms with Gasteiger partial charge in [-0.05, 0) is 62.4 Å². The number of hydrogen-bond donors (Lipinski definition) is 0. The summed E-state index contributed by atoms with van der Waals surface area (Å²) in [6.45, 7) is 2.19. The minimum atomic E-state index is 1.26. The Kier molecular flexibility index (Phi) is 3.76. The van der Waals surface area contributed by atoms with Crippen molar-refractivity contribution in [1.29, 1.82) is 0 Å². The fraction of sp³-hybridized carbons (Fsp3) is 0.0370. The minimum absolute atomic E-state index is 1.26. The number of hydrogen-bond acceptors (Lipinski definition) is 0. The third kappa shape index (κ3) is 2.80. The Morgan fingerprint density at radius 2 is 1.07 bits per heavy atom. The summed E-state index contributed by atoms with van der Waals surface area (Å²) in [5.74, 6) is 0. The predicted molar refractivity (Wildman–Crippen MR) is 117 cm³/mol. The topological polar surface area (TPSA) is 0 Å². The van der Waals surface area contributed by atoms with Gasteiger partial charge in [-0.3, -0.25) is 0 Å². The third-order valence-electron chi connectivity index (χ3n) is 5.39. The fourth-order valence-corrected chi connectivity index (χ4v) is 3.99. The van der Waals surface area contributed by atoms with Crippen LogP contribution in [0.4, 0.5) is 0 Å². The Morgan fingerprint density at radius 3 is 1.89 bits per heavy atom. The molecule has 0 fully saturated rings. The number of benzene rings is 5. The van der Waals surface area contributed by atoms with Crippen molar-refractivity contribution in [2.24, 2.45) is 0 Å². The van der Waals surface area contributed by atoms with E-state index in [1.165, 1.54) is 49.4 Å². The molecular formula is C27H20. The van der Waals surface area contributed by atoms with E-state index in [1.54, 1.807) is 0 Å². The molecule has 0 spiro atoms. The maximum atomic E-state index is 2.29. The summed E-state index contributed by atoms with van der Waals surface area (Å²) in [5.41, 5.74) is 6.40. The molecule has 0 heteroatoms. The van der Waals surface area contributed by atoms with Crippen molar-refractivity contribution in [2.75, 3.05) is 0 Å². The highest BCUT2D eigenvalue weighted by molar-refractivity contribution is 5.97. The van der Waals surface area contributed by atoms with Crippen LogP contribution in [0.3, 0.4) is 0 Å². The lowest BCUT2D eigenvalue weighted by molar-refractivity contribution is 1.52. The van der Waals surface area contributed by atoms with Crippen LogP contribution >= 0.6 is 0 Å². The van der Waals surface area contributed by atoms with Gasteiger partial charge in [0.15, 0.2) is 0 Å². The van der Waals surface area contributed by atoms with Crippen molar-refractivity contribution in [3.05, 3.63) is 109 Å². The molecule has 5 rings (SSSR count). The molecular weight excluding hydrogens is 324 g/mol. The van der Waals surface area contributed by atoms with E-state index in [-0.39, 0.29) is 0 Å². The molecule has 0 bridgehead atoms. The summed E-state index contributed by atoms with van der Waals surface area (Å²) >= 11 is 0. The van der Waals surface area contributed by atoms with Gasteiger partial charge in [0.1, 0.15) is 0 Å². The van der Waals surface area contributed by atoms with Crippen LogP contribution in [0, 0.1) is 6.92 Å². The smallest absolute Gasteiger partial charge is 0.0105 e. The number of fused-ring (bicyclic) bond motifs is 2. The van der Waals surface area contributed by atoms with E-state index < -0.39 is 0 Å². The predicted octanol–water partition coefficient (Wildman–Crippen LogP) is 7.64. The van der Waals surface area contributed by atoms with E-state index in [0.717, 1.165) is 0 Å². The van der Waals surface area contributed by atoms with Crippen molar-refractivity contribution >= 4 is 21.5 Å². The van der Waals surface area contributed by atoms with Gasteiger partial charge < -0.3 is 0 Å². The second-order valence-electron chi connectivity index (χ2n) is 7.12. The van der Waals surface area contributed by atoms with Gasteiger partial charge in [-0.2, -0.15) is 0 Å². The Bertz CT molecular complexity index is 1260. The zero-order valence-corrected chi connectivity index (χ0v) is 15.3. The van der Waals surface area contributed by atoms with Gasteiger partial charge in [0.2, 0.25) is 0 Å². The average Bonchev–Trinajstić information content (AvgIpc) is 2.73. The molecule has 0 aromatic heterocycles. The largest absolute Gasteiger partial charge is 0.0616 e. The highest BCUT2D eigenvalue weighted by Crippen LogP contribution is 2.32. The Labute approximate surface area is 159 Å². The molecule has 0 saturated heterocycles. The first-order chi connectivity index (χ1) is 13.3. The van der Waals surface area contributed by atoms with Gasteiger partial charge in [0.05, 0.1) is 0 Å². The minimum Gasteiger partial charge on any atom is -0.0616 e. The average molecular weight is 344 g/mol. The molecule has 0 radical (unpaired) electrons. The Morgan fingerprint density at radius 1 is 0.444 bits per heavy atom. The summed E-state index contributed by atoms with van der Waals surface area (Å²) in [6.07, 6.45) is 0. The van der Waals surface area contributed by atoms with Crippen LogP contribution in [-0.2, 0) is 0 Å². The van der Waals surface area contributed by atoms with Gasteiger partial charge >= 0.3 is 0 Å². The van der Waals surface area contributed by atoms with Gasteiger partial charge in [0, 0.05) is 0 Å². The highest BCUT2D eigenvalue weighted by atomic mass is 14.1. The van der Waals surface area contributed by atoms with Gasteiger partial charge in [-0.15, -0.1) is 0 Å². The Hall–Kier alpha value is -3.38. The summed E-state index contributed by atoms with van der Waals surface area (Å²) in [4.78, 5) is 0. The normalized spacial score (nSPS) is 11.1. The number of rotatable bonds is 2. The van der Waals surface area contributed by atoms with Crippen LogP contribution in [-0.4, -0.2) is 0 Å². The number of aryl methyl sites for hydroxylation is 1. The maximum Gasteiger partial charge on any atom is -0.0105 e. The quantitative estimate of drug-likeness (QED) is 0.309. The second-order valence-corrected chi connectivity index (χ2v) is 7.12. The monoisotopic (exact) mass is 344 g/mol. The van der Waals surface area contributed by atoms with Crippen molar-refractivity contribution < 1.29 is 0 Å². The van der Waals surface area contributed by atoms with E-state index in [9.17, 15) is 0 Å². The summed E-state index contributed by atoms with van der Waals surface area (Å²) in [6, 6.07) is 37.2. The molecule has 0 aliphatic heterocycles. The molecule has 0 saturated carbocycles. The van der Waals surface area contributed by atoms with E-state index in [2.05, 4.69) is 110 Å². The molecule has 0 unspecified atom stereocenters. The van der Waals surface area contributed by atoms with E-state index in [4.69, 9.17) is 0 Å². The lowest BCUT2D eigenvalue weighted by Crippen LogP contribution is -1.85. The molecule has 0 amide bonds. The molecule has 5 aromatic carbocycles. The molecule has 0 aliphatic carbocycles. The van der Waals surface area contributed by atoms with E-state index >= 15 is 0 Å². The van der Waals surface area contributed by atoms with Crippen LogP contribution in [0.15, 0.2) is 103 Å². The van der Waals surface area contributed by atoms with Gasteiger partial charge in [-0.1, -0.05) is 97.1 Å². The van der Waals surface area contributed by atoms with E-state index in [1.807, 2.05) is 0 Å². The molecule has 5 aromatic rings. The van der Waals surface area contributed by atoms with Crippen LogP contribution in [0.25, 0.3) is 43.8 Å². The molecule has 0 atom stereocenters. The van der Waals surface area contributed by atoms with Crippen molar-refractivity contribution in [2.45, 2.75) is 6.92 Å². The van der Waals surface area contributed by atoms with Crippen LogP contribution in [0.5, 0.6) is 0 Å². The van der Waals surface area contributed by atoms with Gasteiger partial charge in [-0.25, -0.2) is 0 Å². The summed E-state index contributed by atoms with van der Waals surface area (Å²) < 4.78 is 0. The SMILES string of the molecule is Cc1cc(-c2ccc(-c3cccc4ccccc34)cc2)cc2ccccc12. The van der Waals surface area contributed by atoms with Crippen molar-refractivity contribution in [3.8, 4) is 22.3 Å². The zero-order valence-electron chi connectivity index (χ0n) is 15.3. The second kappa shape index (κ2) is 6.41. The first kappa shape index (κ1) is 15.8. The standard InChI is InChI=1S/C27H20/c1-19-17-24(18-23-8-3-4-10-25(19)23)20-13-15-22(16-14-20)27-12-6-9-21-7-2-5-11-26(21)27/h2-18H,1H3. The molecule has 27 heavy (non-hydrogen) atoms. The highest BCUT2D eigenvalue weighted by Gasteiger charge is 2.06. The molecule has 0 nitrogen and oxygen atoms in total. The molecule has 0 aliphatic rings. The third-order valence-corrected chi connectivity index (χ3v) is 5.39. The van der Waals surface area contributed by atoms with Crippen molar-refractivity contribution in [1.82, 2.24) is 0 Å². The zero-order chi connectivity index (χ0) is 18.2. The van der Waals surface area contributed by atoms with Crippen LogP contribution in [0.1, 0.15) is 5.56 Å². The van der Waals surface area contributed by atoms with Crippen LogP contribution < -0.4 is 0 Å². The molecule has 0 heterocycles. The van der Waals surface area contributed by atoms with Crippen molar-refractivity contribution in [3.63, 3.8) is 0 Å². The maximum absolute atomic E-state index is 2.29. The fourth-order valence-electron chi connectivity index (χ4n) is 3.99. The summed E-state index contributed by atoms with van der Waals surface area (Å²) in [5, 5.41) is 5.21. The van der Waals surface area contributed by atoms with Crippen LogP contribution in [0.2, 0.25) is 0 Å². The molecule has 0 N–H and O–H groups in total. The Balaban J connectivity index is 1.59. The summed E-state index contributed by atoms with van der Waals surface area (Å²) in [7, 11) is 0. The molecule has 128 valence electrons.